The lowest BCUT2D eigenvalue weighted by molar-refractivity contribution is -0.131. The second-order valence-corrected chi connectivity index (χ2v) is 3.39. The largest absolute Gasteiger partial charge is 0.467 e. The maximum absolute atomic E-state index is 11.7. The Labute approximate surface area is 90.4 Å². The normalized spacial score (nSPS) is 9.93. The zero-order valence-electron chi connectivity index (χ0n) is 9.11. The van der Waals surface area contributed by atoms with Crippen LogP contribution in [0, 0.1) is 0 Å². The van der Waals surface area contributed by atoms with Crippen molar-refractivity contribution in [2.24, 2.45) is 0 Å². The Morgan fingerprint density at radius 3 is 3.00 bits per heavy atom. The molecule has 0 bridgehead atoms. The summed E-state index contributed by atoms with van der Waals surface area (Å²) in [5, 5.41) is 0. The summed E-state index contributed by atoms with van der Waals surface area (Å²) < 4.78 is 5.21. The summed E-state index contributed by atoms with van der Waals surface area (Å²) >= 11 is 0. The van der Waals surface area contributed by atoms with Crippen molar-refractivity contribution in [3.63, 3.8) is 0 Å². The standard InChI is InChI=1S/C12H17NO2/c1-3-6-12(14)13(8-4-2)10-11-7-5-9-15-11/h4-5,7,9H,2-3,6,8,10H2,1H3. The van der Waals surface area contributed by atoms with Gasteiger partial charge in [0.2, 0.25) is 5.91 Å². The quantitative estimate of drug-likeness (QED) is 0.672. The summed E-state index contributed by atoms with van der Waals surface area (Å²) in [7, 11) is 0. The van der Waals surface area contributed by atoms with Crippen molar-refractivity contribution in [2.75, 3.05) is 6.54 Å². The molecule has 0 saturated heterocycles. The van der Waals surface area contributed by atoms with Gasteiger partial charge in [0.05, 0.1) is 12.8 Å². The van der Waals surface area contributed by atoms with Crippen molar-refractivity contribution in [3.8, 4) is 0 Å². The number of carbonyl (C=O) groups excluding carboxylic acids is 1. The molecule has 1 heterocycles. The van der Waals surface area contributed by atoms with E-state index in [-0.39, 0.29) is 5.91 Å². The minimum atomic E-state index is 0.147. The third-order valence-corrected chi connectivity index (χ3v) is 2.09. The van der Waals surface area contributed by atoms with Gasteiger partial charge in [-0.05, 0) is 18.6 Å². The summed E-state index contributed by atoms with van der Waals surface area (Å²) in [6.07, 6.45) is 4.79. The van der Waals surface area contributed by atoms with Crippen LogP contribution in [0.3, 0.4) is 0 Å². The lowest BCUT2D eigenvalue weighted by Crippen LogP contribution is -2.30. The van der Waals surface area contributed by atoms with Gasteiger partial charge < -0.3 is 9.32 Å². The van der Waals surface area contributed by atoms with E-state index >= 15 is 0 Å². The van der Waals surface area contributed by atoms with Gasteiger partial charge in [0.1, 0.15) is 5.76 Å². The first-order valence-corrected chi connectivity index (χ1v) is 5.19. The molecule has 0 saturated carbocycles. The van der Waals surface area contributed by atoms with Crippen LogP contribution < -0.4 is 0 Å². The first-order chi connectivity index (χ1) is 7.27. The van der Waals surface area contributed by atoms with Gasteiger partial charge in [0.15, 0.2) is 0 Å². The molecule has 0 aliphatic heterocycles. The van der Waals surface area contributed by atoms with E-state index in [9.17, 15) is 4.79 Å². The highest BCUT2D eigenvalue weighted by Gasteiger charge is 2.12. The van der Waals surface area contributed by atoms with Crippen LogP contribution in [-0.2, 0) is 11.3 Å². The molecule has 0 spiro atoms. The third kappa shape index (κ3) is 3.62. The molecule has 0 aromatic carbocycles. The van der Waals surface area contributed by atoms with Gasteiger partial charge >= 0.3 is 0 Å². The molecule has 15 heavy (non-hydrogen) atoms. The van der Waals surface area contributed by atoms with Crippen LogP contribution in [0.5, 0.6) is 0 Å². The predicted molar refractivity (Wildman–Crippen MR) is 59.2 cm³/mol. The molecule has 1 aromatic rings. The van der Waals surface area contributed by atoms with E-state index in [2.05, 4.69) is 6.58 Å². The van der Waals surface area contributed by atoms with Crippen molar-refractivity contribution in [1.29, 1.82) is 0 Å². The fourth-order valence-electron chi connectivity index (χ4n) is 1.37. The molecule has 0 unspecified atom stereocenters. The number of carbonyl (C=O) groups is 1. The number of amides is 1. The van der Waals surface area contributed by atoms with E-state index < -0.39 is 0 Å². The Morgan fingerprint density at radius 2 is 2.47 bits per heavy atom. The molecule has 0 aliphatic rings. The Balaban J connectivity index is 2.57. The van der Waals surface area contributed by atoms with Gasteiger partial charge in [-0.1, -0.05) is 13.0 Å². The molecule has 1 aromatic heterocycles. The molecular weight excluding hydrogens is 190 g/mol. The second kappa shape index (κ2) is 6.06. The molecule has 0 aliphatic carbocycles. The first-order valence-electron chi connectivity index (χ1n) is 5.19. The smallest absolute Gasteiger partial charge is 0.223 e. The molecule has 3 heteroatoms. The Bertz CT molecular complexity index is 303. The van der Waals surface area contributed by atoms with Gasteiger partial charge in [0.25, 0.3) is 0 Å². The van der Waals surface area contributed by atoms with Crippen LogP contribution in [0.1, 0.15) is 25.5 Å². The van der Waals surface area contributed by atoms with Crippen LogP contribution >= 0.6 is 0 Å². The minimum absolute atomic E-state index is 0.147. The SMILES string of the molecule is C=CCN(Cc1ccco1)C(=O)CCC. The van der Waals surface area contributed by atoms with E-state index in [0.717, 1.165) is 12.2 Å². The summed E-state index contributed by atoms with van der Waals surface area (Å²) in [6.45, 7) is 6.74. The van der Waals surface area contributed by atoms with Gasteiger partial charge in [0, 0.05) is 13.0 Å². The van der Waals surface area contributed by atoms with Gasteiger partial charge in [-0.15, -0.1) is 6.58 Å². The predicted octanol–water partition coefficient (Wildman–Crippen LogP) is 2.59. The van der Waals surface area contributed by atoms with Crippen LogP contribution in [0.25, 0.3) is 0 Å². The highest BCUT2D eigenvalue weighted by molar-refractivity contribution is 5.76. The maximum Gasteiger partial charge on any atom is 0.223 e. The van der Waals surface area contributed by atoms with E-state index in [1.807, 2.05) is 19.1 Å². The van der Waals surface area contributed by atoms with Crippen molar-refractivity contribution in [2.45, 2.75) is 26.3 Å². The maximum atomic E-state index is 11.7. The zero-order chi connectivity index (χ0) is 11.1. The molecule has 0 N–H and O–H groups in total. The molecule has 1 amide bonds. The Hall–Kier alpha value is -1.51. The average molecular weight is 207 g/mol. The zero-order valence-corrected chi connectivity index (χ0v) is 9.11. The van der Waals surface area contributed by atoms with E-state index in [0.29, 0.717) is 19.5 Å². The molecule has 3 nitrogen and oxygen atoms in total. The molecule has 1 rings (SSSR count). The minimum Gasteiger partial charge on any atom is -0.467 e. The Kier molecular flexibility index (Phi) is 4.68. The molecule has 82 valence electrons. The van der Waals surface area contributed by atoms with Crippen molar-refractivity contribution in [1.82, 2.24) is 4.90 Å². The number of hydrogen-bond acceptors (Lipinski definition) is 2. The lowest BCUT2D eigenvalue weighted by Gasteiger charge is -2.19. The van der Waals surface area contributed by atoms with E-state index in [4.69, 9.17) is 4.42 Å². The van der Waals surface area contributed by atoms with Crippen LogP contribution in [0.4, 0.5) is 0 Å². The third-order valence-electron chi connectivity index (χ3n) is 2.09. The number of furan rings is 1. The molecule has 0 atom stereocenters. The van der Waals surface area contributed by atoms with Crippen molar-refractivity contribution >= 4 is 5.91 Å². The van der Waals surface area contributed by atoms with Gasteiger partial charge in [-0.2, -0.15) is 0 Å². The fraction of sp³-hybridized carbons (Fsp3) is 0.417. The number of rotatable bonds is 6. The van der Waals surface area contributed by atoms with Crippen molar-refractivity contribution in [3.05, 3.63) is 36.8 Å². The summed E-state index contributed by atoms with van der Waals surface area (Å²) in [4.78, 5) is 13.4. The Morgan fingerprint density at radius 1 is 1.67 bits per heavy atom. The molecule has 0 fully saturated rings. The second-order valence-electron chi connectivity index (χ2n) is 3.39. The lowest BCUT2D eigenvalue weighted by atomic mass is 10.3. The van der Waals surface area contributed by atoms with Crippen molar-refractivity contribution < 1.29 is 9.21 Å². The summed E-state index contributed by atoms with van der Waals surface area (Å²) in [5.74, 6) is 0.954. The van der Waals surface area contributed by atoms with E-state index in [1.165, 1.54) is 0 Å². The van der Waals surface area contributed by atoms with Crippen LogP contribution in [-0.4, -0.2) is 17.4 Å². The number of nitrogens with zero attached hydrogens (tertiary/aromatic N) is 1. The highest BCUT2D eigenvalue weighted by Crippen LogP contribution is 2.07. The van der Waals surface area contributed by atoms with Crippen LogP contribution in [0.2, 0.25) is 0 Å². The van der Waals surface area contributed by atoms with Gasteiger partial charge in [-0.25, -0.2) is 0 Å². The van der Waals surface area contributed by atoms with E-state index in [1.54, 1.807) is 17.2 Å². The monoisotopic (exact) mass is 207 g/mol. The topological polar surface area (TPSA) is 33.5 Å². The fourth-order valence-corrected chi connectivity index (χ4v) is 1.37. The first kappa shape index (κ1) is 11.6. The van der Waals surface area contributed by atoms with Gasteiger partial charge in [-0.3, -0.25) is 4.79 Å². The summed E-state index contributed by atoms with van der Waals surface area (Å²) in [6, 6.07) is 3.70. The summed E-state index contributed by atoms with van der Waals surface area (Å²) in [5.41, 5.74) is 0. The highest BCUT2D eigenvalue weighted by atomic mass is 16.3. The average Bonchev–Trinajstić information content (AvgIpc) is 2.70. The number of hydrogen-bond donors (Lipinski definition) is 0. The van der Waals surface area contributed by atoms with Crippen LogP contribution in [0.15, 0.2) is 35.5 Å². The molecule has 0 radical (unpaired) electrons. The molecular formula is C12H17NO2.